The van der Waals surface area contributed by atoms with Gasteiger partial charge in [0.2, 0.25) is 11.8 Å². The number of hydrogen-bond acceptors (Lipinski definition) is 5. The predicted molar refractivity (Wildman–Crippen MR) is 145 cm³/mol. The molecule has 0 saturated carbocycles. The van der Waals surface area contributed by atoms with Gasteiger partial charge >= 0.3 is 5.97 Å². The molecular weight excluding hydrogens is 480 g/mol. The fourth-order valence-electron chi connectivity index (χ4n) is 5.35. The Kier molecular flexibility index (Phi) is 10.1. The summed E-state index contributed by atoms with van der Waals surface area (Å²) in [5.41, 5.74) is 2.10. The van der Waals surface area contributed by atoms with E-state index in [9.17, 15) is 19.5 Å². The molecule has 0 bridgehead atoms. The lowest BCUT2D eigenvalue weighted by atomic mass is 9.94. The van der Waals surface area contributed by atoms with E-state index in [1.165, 1.54) is 0 Å². The van der Waals surface area contributed by atoms with Gasteiger partial charge in [0.05, 0.1) is 30.5 Å². The number of esters is 1. The van der Waals surface area contributed by atoms with Crippen molar-refractivity contribution in [3.8, 4) is 0 Å². The van der Waals surface area contributed by atoms with Crippen molar-refractivity contribution >= 4 is 17.8 Å². The molecule has 0 radical (unpaired) electrons. The number of allylic oxidation sites excluding steroid dienone is 2. The summed E-state index contributed by atoms with van der Waals surface area (Å²) in [5.74, 6) is -1.37. The molecule has 1 fully saturated rings. The maximum Gasteiger partial charge on any atom is 0.309 e. The second-order valence-corrected chi connectivity index (χ2v) is 10.3. The molecule has 2 heterocycles. The van der Waals surface area contributed by atoms with Gasteiger partial charge in [0.1, 0.15) is 6.61 Å². The first-order valence-electron chi connectivity index (χ1n) is 13.6. The molecule has 38 heavy (non-hydrogen) atoms. The molecule has 4 atom stereocenters. The van der Waals surface area contributed by atoms with Crippen molar-refractivity contribution in [2.45, 2.75) is 57.0 Å². The second kappa shape index (κ2) is 13.9. The van der Waals surface area contributed by atoms with E-state index in [4.69, 9.17) is 4.74 Å². The highest BCUT2D eigenvalue weighted by atomic mass is 16.5. The summed E-state index contributed by atoms with van der Waals surface area (Å²) in [6.45, 7) is 0.604. The van der Waals surface area contributed by atoms with Crippen molar-refractivity contribution in [3.05, 3.63) is 83.9 Å². The van der Waals surface area contributed by atoms with Crippen LogP contribution in [-0.2, 0) is 32.0 Å². The number of amides is 2. The second-order valence-electron chi connectivity index (χ2n) is 10.3. The van der Waals surface area contributed by atoms with Gasteiger partial charge in [-0.05, 0) is 49.7 Å². The Morgan fingerprint density at radius 1 is 0.974 bits per heavy atom. The monoisotopic (exact) mass is 518 g/mol. The van der Waals surface area contributed by atoms with Crippen molar-refractivity contribution in [3.63, 3.8) is 0 Å². The molecule has 4 rings (SSSR count). The van der Waals surface area contributed by atoms with Crippen LogP contribution in [0.5, 0.6) is 0 Å². The Hall–Kier alpha value is -3.45. The van der Waals surface area contributed by atoms with E-state index >= 15 is 0 Å². The van der Waals surface area contributed by atoms with Gasteiger partial charge in [-0.25, -0.2) is 0 Å². The van der Waals surface area contributed by atoms with Crippen LogP contribution in [0.4, 0.5) is 0 Å². The Labute approximate surface area is 224 Å². The third-order valence-corrected chi connectivity index (χ3v) is 7.44. The molecule has 2 amide bonds. The summed E-state index contributed by atoms with van der Waals surface area (Å²) >= 11 is 0. The highest BCUT2D eigenvalue weighted by Crippen LogP contribution is 2.25. The number of carbonyl (C=O) groups excluding carboxylic acids is 3. The Balaban J connectivity index is 1.44. The number of aliphatic hydroxyl groups excluding tert-OH is 1. The van der Waals surface area contributed by atoms with Crippen LogP contribution in [0.3, 0.4) is 0 Å². The zero-order valence-electron chi connectivity index (χ0n) is 21.8. The minimum absolute atomic E-state index is 0.0465. The van der Waals surface area contributed by atoms with Gasteiger partial charge in [0.15, 0.2) is 0 Å². The molecular formula is C31H38N2O5. The van der Waals surface area contributed by atoms with Crippen molar-refractivity contribution in [1.29, 1.82) is 0 Å². The number of rotatable bonds is 8. The van der Waals surface area contributed by atoms with Gasteiger partial charge < -0.3 is 20.1 Å². The van der Waals surface area contributed by atoms with E-state index < -0.39 is 12.0 Å². The molecule has 7 nitrogen and oxygen atoms in total. The molecule has 0 unspecified atom stereocenters. The van der Waals surface area contributed by atoms with Crippen molar-refractivity contribution in [2.75, 3.05) is 19.8 Å². The molecule has 202 valence electrons. The first-order valence-corrected chi connectivity index (χ1v) is 13.6. The van der Waals surface area contributed by atoms with Crippen LogP contribution in [0.15, 0.2) is 72.8 Å². The Morgan fingerprint density at radius 2 is 1.63 bits per heavy atom. The predicted octanol–water partition coefficient (Wildman–Crippen LogP) is 3.46. The first-order chi connectivity index (χ1) is 18.5. The smallest absolute Gasteiger partial charge is 0.309 e. The Bertz CT molecular complexity index is 1090. The summed E-state index contributed by atoms with van der Waals surface area (Å²) < 4.78 is 5.73. The summed E-state index contributed by atoms with van der Waals surface area (Å²) in [7, 11) is 0. The maximum atomic E-state index is 13.5. The number of fused-ring (bicyclic) bond motifs is 1. The molecule has 1 saturated heterocycles. The molecule has 0 spiro atoms. The lowest BCUT2D eigenvalue weighted by Gasteiger charge is -2.29. The molecule has 7 heteroatoms. The van der Waals surface area contributed by atoms with Crippen LogP contribution in [0.1, 0.15) is 43.2 Å². The van der Waals surface area contributed by atoms with Gasteiger partial charge in [-0.2, -0.15) is 0 Å². The van der Waals surface area contributed by atoms with Gasteiger partial charge in [0, 0.05) is 13.0 Å². The van der Waals surface area contributed by atoms with Crippen molar-refractivity contribution < 1.29 is 24.2 Å². The van der Waals surface area contributed by atoms with Gasteiger partial charge in [0.25, 0.3) is 0 Å². The number of benzene rings is 2. The number of carbonyl (C=O) groups is 3. The number of hydrogen-bond donors (Lipinski definition) is 2. The van der Waals surface area contributed by atoms with Crippen LogP contribution < -0.4 is 5.32 Å². The maximum absolute atomic E-state index is 13.5. The lowest BCUT2D eigenvalue weighted by Crippen LogP contribution is -2.45. The summed E-state index contributed by atoms with van der Waals surface area (Å²) in [5, 5.41) is 12.8. The summed E-state index contributed by atoms with van der Waals surface area (Å²) in [6, 6.07) is 19.0. The molecule has 0 aromatic heterocycles. The molecule has 2 N–H and O–H groups in total. The van der Waals surface area contributed by atoms with Crippen molar-refractivity contribution in [2.24, 2.45) is 11.8 Å². The molecule has 2 aromatic carbocycles. The first kappa shape index (κ1) is 27.6. The van der Waals surface area contributed by atoms with E-state index in [-0.39, 0.29) is 49.4 Å². The lowest BCUT2D eigenvalue weighted by molar-refractivity contribution is -0.152. The van der Waals surface area contributed by atoms with E-state index in [1.807, 2.05) is 72.8 Å². The number of aliphatic hydroxyl groups is 1. The fraction of sp³-hybridized carbons (Fsp3) is 0.452. The van der Waals surface area contributed by atoms with Gasteiger partial charge in [-0.3, -0.25) is 14.4 Å². The van der Waals surface area contributed by atoms with Crippen LogP contribution in [0, 0.1) is 11.8 Å². The van der Waals surface area contributed by atoms with Gasteiger partial charge in [-0.15, -0.1) is 0 Å². The largest absolute Gasteiger partial charge is 0.463 e. The zero-order chi connectivity index (χ0) is 26.7. The zero-order valence-corrected chi connectivity index (χ0v) is 21.8. The average molecular weight is 519 g/mol. The topological polar surface area (TPSA) is 95.9 Å². The van der Waals surface area contributed by atoms with E-state index in [0.717, 1.165) is 24.0 Å². The standard InChI is InChI=1S/C31H38N2O5/c34-21-27(19-24-12-5-2-6-13-24)32-29(35)20-25-14-7-8-15-26(18-23-10-3-1-4-11-23)31(37)38-22-28-16-9-17-33(28)30(25)36/h1-8,10-13,25-28,34H,9,14-22H2,(H,32,35)/b8-7-/t25-,26-,27-,28+/m1/s1. The summed E-state index contributed by atoms with van der Waals surface area (Å²) in [4.78, 5) is 41.3. The molecule has 0 aliphatic carbocycles. The van der Waals surface area contributed by atoms with Crippen LogP contribution in [-0.4, -0.2) is 59.6 Å². The van der Waals surface area contributed by atoms with E-state index in [0.29, 0.717) is 32.2 Å². The van der Waals surface area contributed by atoms with Crippen LogP contribution in [0.25, 0.3) is 0 Å². The third-order valence-electron chi connectivity index (χ3n) is 7.44. The highest BCUT2D eigenvalue weighted by molar-refractivity contribution is 5.86. The van der Waals surface area contributed by atoms with Gasteiger partial charge in [-0.1, -0.05) is 72.8 Å². The van der Waals surface area contributed by atoms with E-state index in [1.54, 1.807) is 4.90 Å². The fourth-order valence-corrected chi connectivity index (χ4v) is 5.35. The number of nitrogens with zero attached hydrogens (tertiary/aromatic N) is 1. The van der Waals surface area contributed by atoms with E-state index in [2.05, 4.69) is 5.32 Å². The van der Waals surface area contributed by atoms with Crippen molar-refractivity contribution in [1.82, 2.24) is 10.2 Å². The quantitative estimate of drug-likeness (QED) is 0.412. The van der Waals surface area contributed by atoms with Crippen LogP contribution >= 0.6 is 0 Å². The highest BCUT2D eigenvalue weighted by Gasteiger charge is 2.35. The molecule has 2 aliphatic rings. The number of cyclic esters (lactones) is 1. The minimum Gasteiger partial charge on any atom is -0.463 e. The number of ether oxygens (including phenoxy) is 1. The number of nitrogens with one attached hydrogen (secondary N) is 1. The van der Waals surface area contributed by atoms with Crippen LogP contribution in [0.2, 0.25) is 0 Å². The average Bonchev–Trinajstić information content (AvgIpc) is 3.41. The SMILES string of the molecule is O=C(C[C@H]1C/C=C\C[C@H](Cc2ccccc2)C(=O)OC[C@@H]2CCCN2C1=O)N[C@@H](CO)Cc1ccccc1. The molecule has 2 aromatic rings. The normalized spacial score (nSPS) is 23.9. The minimum atomic E-state index is -0.509. The molecule has 2 aliphatic heterocycles. The Morgan fingerprint density at radius 3 is 2.32 bits per heavy atom. The summed E-state index contributed by atoms with van der Waals surface area (Å²) in [6.07, 6.45) is 7.57. The third kappa shape index (κ3) is 7.78.